The van der Waals surface area contributed by atoms with Crippen LogP contribution in [0, 0.1) is 5.92 Å². The van der Waals surface area contributed by atoms with Gasteiger partial charge in [0.1, 0.15) is 0 Å². The molecule has 2 rings (SSSR count). The van der Waals surface area contributed by atoms with Crippen LogP contribution in [0.15, 0.2) is 30.3 Å². The molecule has 3 unspecified atom stereocenters. The molecule has 1 amide bonds. The Morgan fingerprint density at radius 3 is 2.80 bits per heavy atom. The van der Waals surface area contributed by atoms with Gasteiger partial charge in [0.05, 0.1) is 18.1 Å². The number of rotatable bonds is 6. The Bertz CT molecular complexity index is 416. The number of carbonyl (C=O) groups excluding carboxylic acids is 1. The van der Waals surface area contributed by atoms with E-state index < -0.39 is 0 Å². The number of nitrogens with two attached hydrogens (primary N) is 1. The molecule has 0 aliphatic carbocycles. The van der Waals surface area contributed by atoms with Crippen molar-refractivity contribution in [2.45, 2.75) is 38.3 Å². The summed E-state index contributed by atoms with van der Waals surface area (Å²) in [6, 6.07) is 10.0. The molecule has 0 spiro atoms. The maximum Gasteiger partial charge on any atom is 0.225 e. The lowest BCUT2D eigenvalue weighted by atomic mass is 9.98. The molecule has 1 heterocycles. The van der Waals surface area contributed by atoms with Crippen LogP contribution >= 0.6 is 0 Å². The lowest BCUT2D eigenvalue weighted by Crippen LogP contribution is -2.45. The minimum atomic E-state index is -0.179. The Kier molecular flexibility index (Phi) is 5.56. The standard InChI is InChI=1S/C16H24N2O2/c1-12(15-8-5-9-20-15)18-16(19)14(11-17)10-13-6-3-2-4-7-13/h2-4,6-7,12,14-15H,5,8-11,17H2,1H3,(H,18,19). The van der Waals surface area contributed by atoms with Crippen molar-refractivity contribution >= 4 is 5.91 Å². The lowest BCUT2D eigenvalue weighted by Gasteiger charge is -2.23. The van der Waals surface area contributed by atoms with E-state index in [1.165, 1.54) is 0 Å². The highest BCUT2D eigenvalue weighted by atomic mass is 16.5. The second-order valence-electron chi connectivity index (χ2n) is 5.47. The number of amides is 1. The van der Waals surface area contributed by atoms with Crippen molar-refractivity contribution in [3.05, 3.63) is 35.9 Å². The Morgan fingerprint density at radius 1 is 1.45 bits per heavy atom. The second-order valence-corrected chi connectivity index (χ2v) is 5.47. The normalized spacial score (nSPS) is 21.4. The van der Waals surface area contributed by atoms with E-state index in [2.05, 4.69) is 5.32 Å². The van der Waals surface area contributed by atoms with Crippen molar-refractivity contribution in [3.8, 4) is 0 Å². The van der Waals surface area contributed by atoms with Crippen LogP contribution in [0.25, 0.3) is 0 Å². The number of hydrogen-bond acceptors (Lipinski definition) is 3. The van der Waals surface area contributed by atoms with Crippen molar-refractivity contribution in [2.75, 3.05) is 13.2 Å². The Hall–Kier alpha value is -1.39. The van der Waals surface area contributed by atoms with Crippen LogP contribution in [0.5, 0.6) is 0 Å². The number of hydrogen-bond donors (Lipinski definition) is 2. The quantitative estimate of drug-likeness (QED) is 0.827. The minimum absolute atomic E-state index is 0.0272. The first-order valence-electron chi connectivity index (χ1n) is 7.36. The first kappa shape index (κ1) is 15.0. The summed E-state index contributed by atoms with van der Waals surface area (Å²) in [5.41, 5.74) is 6.90. The molecule has 4 nitrogen and oxygen atoms in total. The van der Waals surface area contributed by atoms with E-state index in [4.69, 9.17) is 10.5 Å². The smallest absolute Gasteiger partial charge is 0.225 e. The lowest BCUT2D eigenvalue weighted by molar-refractivity contribution is -0.126. The third kappa shape index (κ3) is 4.05. The van der Waals surface area contributed by atoms with E-state index in [0.29, 0.717) is 13.0 Å². The molecule has 110 valence electrons. The van der Waals surface area contributed by atoms with Crippen molar-refractivity contribution < 1.29 is 9.53 Å². The summed E-state index contributed by atoms with van der Waals surface area (Å²) in [5, 5.41) is 3.05. The van der Waals surface area contributed by atoms with Crippen molar-refractivity contribution in [2.24, 2.45) is 11.7 Å². The van der Waals surface area contributed by atoms with Gasteiger partial charge >= 0.3 is 0 Å². The van der Waals surface area contributed by atoms with Gasteiger partial charge in [-0.3, -0.25) is 4.79 Å². The highest BCUT2D eigenvalue weighted by Crippen LogP contribution is 2.16. The summed E-state index contributed by atoms with van der Waals surface area (Å²) in [5.74, 6) is -0.152. The Balaban J connectivity index is 1.88. The van der Waals surface area contributed by atoms with Gasteiger partial charge in [0.25, 0.3) is 0 Å². The fourth-order valence-electron chi connectivity index (χ4n) is 2.61. The predicted octanol–water partition coefficient (Wildman–Crippen LogP) is 1.49. The summed E-state index contributed by atoms with van der Waals surface area (Å²) in [6.07, 6.45) is 2.93. The van der Waals surface area contributed by atoms with Gasteiger partial charge in [-0.05, 0) is 31.7 Å². The average Bonchev–Trinajstić information content (AvgIpc) is 3.00. The van der Waals surface area contributed by atoms with E-state index in [0.717, 1.165) is 25.0 Å². The number of benzene rings is 1. The second kappa shape index (κ2) is 7.41. The van der Waals surface area contributed by atoms with E-state index in [1.54, 1.807) is 0 Å². The molecule has 3 N–H and O–H groups in total. The molecule has 1 aromatic carbocycles. The van der Waals surface area contributed by atoms with Gasteiger partial charge < -0.3 is 15.8 Å². The molecule has 0 bridgehead atoms. The summed E-state index contributed by atoms with van der Waals surface area (Å²) < 4.78 is 5.60. The molecule has 3 atom stereocenters. The van der Waals surface area contributed by atoms with Crippen molar-refractivity contribution in [3.63, 3.8) is 0 Å². The molecule has 0 saturated carbocycles. The number of nitrogens with one attached hydrogen (secondary N) is 1. The Morgan fingerprint density at radius 2 is 2.20 bits per heavy atom. The summed E-state index contributed by atoms with van der Waals surface area (Å²) in [7, 11) is 0. The maximum atomic E-state index is 12.3. The van der Waals surface area contributed by atoms with Gasteiger partial charge in [0.2, 0.25) is 5.91 Å². The fourth-order valence-corrected chi connectivity index (χ4v) is 2.61. The van der Waals surface area contributed by atoms with Gasteiger partial charge in [-0.25, -0.2) is 0 Å². The van der Waals surface area contributed by atoms with Crippen LogP contribution in [-0.2, 0) is 16.0 Å². The molecular weight excluding hydrogens is 252 g/mol. The molecule has 1 aliphatic rings. The fraction of sp³-hybridized carbons (Fsp3) is 0.562. The SMILES string of the molecule is CC(NC(=O)C(CN)Cc1ccccc1)C1CCCO1. The van der Waals surface area contributed by atoms with Crippen LogP contribution in [0.4, 0.5) is 0 Å². The molecular formula is C16H24N2O2. The maximum absolute atomic E-state index is 12.3. The van der Waals surface area contributed by atoms with Gasteiger partial charge in [-0.15, -0.1) is 0 Å². The van der Waals surface area contributed by atoms with E-state index >= 15 is 0 Å². The molecule has 20 heavy (non-hydrogen) atoms. The van der Waals surface area contributed by atoms with Crippen LogP contribution in [0.2, 0.25) is 0 Å². The third-order valence-corrected chi connectivity index (χ3v) is 3.87. The van der Waals surface area contributed by atoms with Crippen molar-refractivity contribution in [1.29, 1.82) is 0 Å². The highest BCUT2D eigenvalue weighted by molar-refractivity contribution is 5.79. The third-order valence-electron chi connectivity index (χ3n) is 3.87. The van der Waals surface area contributed by atoms with Crippen LogP contribution in [0.1, 0.15) is 25.3 Å². The number of carbonyl (C=O) groups is 1. The Labute approximate surface area is 120 Å². The average molecular weight is 276 g/mol. The van der Waals surface area contributed by atoms with Crippen LogP contribution in [0.3, 0.4) is 0 Å². The summed E-state index contributed by atoms with van der Waals surface area (Å²) in [6.45, 7) is 3.16. The zero-order valence-electron chi connectivity index (χ0n) is 12.0. The summed E-state index contributed by atoms with van der Waals surface area (Å²) in [4.78, 5) is 12.3. The molecule has 1 saturated heterocycles. The summed E-state index contributed by atoms with van der Waals surface area (Å²) >= 11 is 0. The van der Waals surface area contributed by atoms with E-state index in [-0.39, 0.29) is 24.0 Å². The first-order chi connectivity index (χ1) is 9.70. The topological polar surface area (TPSA) is 64.4 Å². The monoisotopic (exact) mass is 276 g/mol. The molecule has 1 aliphatic heterocycles. The van der Waals surface area contributed by atoms with Gasteiger partial charge in [-0.1, -0.05) is 30.3 Å². The molecule has 1 aromatic rings. The van der Waals surface area contributed by atoms with E-state index in [9.17, 15) is 4.79 Å². The van der Waals surface area contributed by atoms with E-state index in [1.807, 2.05) is 37.3 Å². The van der Waals surface area contributed by atoms with Gasteiger partial charge in [0, 0.05) is 13.2 Å². The largest absolute Gasteiger partial charge is 0.376 e. The van der Waals surface area contributed by atoms with Gasteiger partial charge in [0.15, 0.2) is 0 Å². The molecule has 0 radical (unpaired) electrons. The van der Waals surface area contributed by atoms with Crippen LogP contribution in [-0.4, -0.2) is 31.2 Å². The minimum Gasteiger partial charge on any atom is -0.376 e. The zero-order valence-corrected chi connectivity index (χ0v) is 12.0. The first-order valence-corrected chi connectivity index (χ1v) is 7.36. The molecule has 1 fully saturated rings. The van der Waals surface area contributed by atoms with Crippen molar-refractivity contribution in [1.82, 2.24) is 5.32 Å². The number of ether oxygens (including phenoxy) is 1. The zero-order chi connectivity index (χ0) is 14.4. The van der Waals surface area contributed by atoms with Crippen LogP contribution < -0.4 is 11.1 Å². The molecule has 4 heteroatoms. The molecule has 0 aromatic heterocycles. The predicted molar refractivity (Wildman–Crippen MR) is 79.3 cm³/mol. The van der Waals surface area contributed by atoms with Gasteiger partial charge in [-0.2, -0.15) is 0 Å². The highest BCUT2D eigenvalue weighted by Gasteiger charge is 2.26.